The van der Waals surface area contributed by atoms with Crippen LogP contribution in [0, 0.1) is 6.92 Å². The number of carbonyl (C=O) groups excluding carboxylic acids is 2. The first-order chi connectivity index (χ1) is 13.5. The van der Waals surface area contributed by atoms with E-state index in [1.807, 2.05) is 24.3 Å². The van der Waals surface area contributed by atoms with Crippen LogP contribution in [-0.4, -0.2) is 47.6 Å². The van der Waals surface area contributed by atoms with Crippen LogP contribution in [0.15, 0.2) is 34.9 Å². The van der Waals surface area contributed by atoms with Gasteiger partial charge in [-0.2, -0.15) is 0 Å². The summed E-state index contributed by atoms with van der Waals surface area (Å²) in [4.78, 5) is 26.3. The number of likely N-dealkylation sites (tertiary alicyclic amines) is 1. The summed E-state index contributed by atoms with van der Waals surface area (Å²) in [7, 11) is 0. The van der Waals surface area contributed by atoms with Gasteiger partial charge in [0.2, 0.25) is 0 Å². The summed E-state index contributed by atoms with van der Waals surface area (Å²) >= 11 is 0. The van der Waals surface area contributed by atoms with Crippen LogP contribution < -0.4 is 10.1 Å². The Labute approximate surface area is 165 Å². The number of nitrogens with zero attached hydrogens (tertiary/aromatic N) is 2. The van der Waals surface area contributed by atoms with E-state index in [2.05, 4.69) is 17.4 Å². The molecule has 1 N–H and O–H groups in total. The van der Waals surface area contributed by atoms with Crippen molar-refractivity contribution in [3.8, 4) is 5.75 Å². The molecule has 150 valence electrons. The lowest BCUT2D eigenvalue weighted by molar-refractivity contribution is -0.124. The molecule has 3 rings (SSSR count). The first-order valence-electron chi connectivity index (χ1n) is 9.79. The standard InChI is InChI=1S/C21H27N3O4/c1-3-4-16-5-7-18(8-6-16)27-14-20(25)22-17-9-11-24(12-10-17)21(26)19-13-15(2)28-23-19/h5-8,13,17H,3-4,9-12,14H2,1-2H3,(H,22,25). The van der Waals surface area contributed by atoms with Crippen molar-refractivity contribution < 1.29 is 18.8 Å². The normalized spacial score (nSPS) is 14.7. The molecule has 0 spiro atoms. The Balaban J connectivity index is 1.39. The highest BCUT2D eigenvalue weighted by molar-refractivity contribution is 5.92. The highest BCUT2D eigenvalue weighted by Crippen LogP contribution is 2.15. The largest absolute Gasteiger partial charge is 0.484 e. The number of aryl methyl sites for hydroxylation is 2. The van der Waals surface area contributed by atoms with Crippen LogP contribution in [0.25, 0.3) is 0 Å². The van der Waals surface area contributed by atoms with Gasteiger partial charge in [0.05, 0.1) is 0 Å². The molecule has 1 saturated heterocycles. The zero-order chi connectivity index (χ0) is 19.9. The van der Waals surface area contributed by atoms with E-state index in [4.69, 9.17) is 9.26 Å². The zero-order valence-electron chi connectivity index (χ0n) is 16.4. The number of hydrogen-bond donors (Lipinski definition) is 1. The Hall–Kier alpha value is -2.83. The van der Waals surface area contributed by atoms with Gasteiger partial charge in [0.15, 0.2) is 12.3 Å². The van der Waals surface area contributed by atoms with E-state index in [0.717, 1.165) is 12.8 Å². The number of nitrogens with one attached hydrogen (secondary N) is 1. The fourth-order valence-electron chi connectivity index (χ4n) is 3.32. The number of piperidine rings is 1. The predicted octanol–water partition coefficient (Wildman–Crippen LogP) is 2.74. The molecule has 1 aromatic carbocycles. The Bertz CT molecular complexity index is 792. The molecule has 0 radical (unpaired) electrons. The zero-order valence-corrected chi connectivity index (χ0v) is 16.4. The summed E-state index contributed by atoms with van der Waals surface area (Å²) in [5.74, 6) is 1.04. The maximum Gasteiger partial charge on any atom is 0.276 e. The quantitative estimate of drug-likeness (QED) is 0.792. The first kappa shape index (κ1) is 19.9. The fraction of sp³-hybridized carbons (Fsp3) is 0.476. The molecule has 2 heterocycles. The molecule has 0 unspecified atom stereocenters. The third-order valence-electron chi connectivity index (χ3n) is 4.83. The SMILES string of the molecule is CCCc1ccc(OCC(=O)NC2CCN(C(=O)c3cc(C)on3)CC2)cc1. The number of carbonyl (C=O) groups is 2. The number of hydrogen-bond acceptors (Lipinski definition) is 5. The highest BCUT2D eigenvalue weighted by atomic mass is 16.5. The Morgan fingerprint density at radius 2 is 1.96 bits per heavy atom. The third-order valence-corrected chi connectivity index (χ3v) is 4.83. The predicted molar refractivity (Wildman–Crippen MR) is 104 cm³/mol. The third kappa shape index (κ3) is 5.34. The van der Waals surface area contributed by atoms with Crippen molar-refractivity contribution in [1.82, 2.24) is 15.4 Å². The second-order valence-corrected chi connectivity index (χ2v) is 7.14. The molecular weight excluding hydrogens is 358 g/mol. The molecule has 0 saturated carbocycles. The molecule has 1 fully saturated rings. The topological polar surface area (TPSA) is 84.7 Å². The van der Waals surface area contributed by atoms with Crippen molar-refractivity contribution in [1.29, 1.82) is 0 Å². The van der Waals surface area contributed by atoms with Crippen molar-refractivity contribution in [3.05, 3.63) is 47.3 Å². The van der Waals surface area contributed by atoms with Gasteiger partial charge >= 0.3 is 0 Å². The van der Waals surface area contributed by atoms with E-state index < -0.39 is 0 Å². The van der Waals surface area contributed by atoms with Crippen LogP contribution in [-0.2, 0) is 11.2 Å². The molecule has 1 aliphatic heterocycles. The van der Waals surface area contributed by atoms with Gasteiger partial charge in [0.25, 0.3) is 11.8 Å². The van der Waals surface area contributed by atoms with Crippen LogP contribution in [0.1, 0.15) is 48.0 Å². The molecule has 2 aromatic rings. The number of rotatable bonds is 7. The minimum Gasteiger partial charge on any atom is -0.484 e. The van der Waals surface area contributed by atoms with Gasteiger partial charge in [-0.05, 0) is 43.9 Å². The monoisotopic (exact) mass is 385 g/mol. The molecular formula is C21H27N3O4. The molecule has 2 amide bonds. The van der Waals surface area contributed by atoms with Crippen molar-refractivity contribution in [2.75, 3.05) is 19.7 Å². The van der Waals surface area contributed by atoms with E-state index in [1.54, 1.807) is 17.9 Å². The minimum absolute atomic E-state index is 0.00944. The van der Waals surface area contributed by atoms with Gasteiger partial charge in [-0.1, -0.05) is 30.6 Å². The summed E-state index contributed by atoms with van der Waals surface area (Å²) < 4.78 is 10.5. The average Bonchev–Trinajstić information content (AvgIpc) is 3.14. The number of amides is 2. The van der Waals surface area contributed by atoms with Crippen molar-refractivity contribution in [2.24, 2.45) is 0 Å². The maximum atomic E-state index is 12.4. The molecule has 0 atom stereocenters. The van der Waals surface area contributed by atoms with Crippen LogP contribution in [0.5, 0.6) is 5.75 Å². The Kier molecular flexibility index (Phi) is 6.68. The molecule has 28 heavy (non-hydrogen) atoms. The summed E-state index contributed by atoms with van der Waals surface area (Å²) in [5, 5.41) is 6.76. The Morgan fingerprint density at radius 3 is 2.57 bits per heavy atom. The second kappa shape index (κ2) is 9.39. The molecule has 0 aliphatic carbocycles. The molecule has 7 nitrogen and oxygen atoms in total. The number of ether oxygens (including phenoxy) is 1. The summed E-state index contributed by atoms with van der Waals surface area (Å²) in [6.07, 6.45) is 3.56. The van der Waals surface area contributed by atoms with E-state index in [-0.39, 0.29) is 24.5 Å². The van der Waals surface area contributed by atoms with Crippen LogP contribution in [0.4, 0.5) is 0 Å². The lowest BCUT2D eigenvalue weighted by Crippen LogP contribution is -2.47. The average molecular weight is 385 g/mol. The molecule has 7 heteroatoms. The lowest BCUT2D eigenvalue weighted by Gasteiger charge is -2.31. The van der Waals surface area contributed by atoms with E-state index in [1.165, 1.54) is 5.56 Å². The van der Waals surface area contributed by atoms with Gasteiger partial charge in [-0.3, -0.25) is 9.59 Å². The lowest BCUT2D eigenvalue weighted by atomic mass is 10.0. The van der Waals surface area contributed by atoms with E-state index in [0.29, 0.717) is 43.1 Å². The second-order valence-electron chi connectivity index (χ2n) is 7.14. The molecule has 1 aliphatic rings. The number of benzene rings is 1. The molecule has 0 bridgehead atoms. The van der Waals surface area contributed by atoms with Crippen LogP contribution in [0.2, 0.25) is 0 Å². The summed E-state index contributed by atoms with van der Waals surface area (Å²) in [6.45, 7) is 5.05. The van der Waals surface area contributed by atoms with Gasteiger partial charge in [0, 0.05) is 25.2 Å². The summed E-state index contributed by atoms with van der Waals surface area (Å²) in [6, 6.07) is 9.54. The fourth-order valence-corrected chi connectivity index (χ4v) is 3.32. The van der Waals surface area contributed by atoms with Gasteiger partial charge in [-0.25, -0.2) is 0 Å². The van der Waals surface area contributed by atoms with Gasteiger partial charge in [-0.15, -0.1) is 0 Å². The number of aromatic nitrogens is 1. The van der Waals surface area contributed by atoms with Crippen LogP contribution in [0.3, 0.4) is 0 Å². The van der Waals surface area contributed by atoms with Gasteiger partial charge in [0.1, 0.15) is 11.5 Å². The highest BCUT2D eigenvalue weighted by Gasteiger charge is 2.26. The van der Waals surface area contributed by atoms with Crippen molar-refractivity contribution >= 4 is 11.8 Å². The van der Waals surface area contributed by atoms with Crippen molar-refractivity contribution in [2.45, 2.75) is 45.6 Å². The van der Waals surface area contributed by atoms with Gasteiger partial charge < -0.3 is 19.5 Å². The summed E-state index contributed by atoms with van der Waals surface area (Å²) in [5.41, 5.74) is 1.60. The first-order valence-corrected chi connectivity index (χ1v) is 9.79. The van der Waals surface area contributed by atoms with Crippen molar-refractivity contribution in [3.63, 3.8) is 0 Å². The Morgan fingerprint density at radius 1 is 1.25 bits per heavy atom. The van der Waals surface area contributed by atoms with Crippen LogP contribution >= 0.6 is 0 Å². The smallest absolute Gasteiger partial charge is 0.276 e. The minimum atomic E-state index is -0.144. The molecule has 1 aromatic heterocycles. The van der Waals surface area contributed by atoms with E-state index in [9.17, 15) is 9.59 Å². The maximum absolute atomic E-state index is 12.4. The van der Waals surface area contributed by atoms with E-state index >= 15 is 0 Å².